The zero-order valence-corrected chi connectivity index (χ0v) is 15.7. The summed E-state index contributed by atoms with van der Waals surface area (Å²) in [7, 11) is 0. The Hall–Kier alpha value is -1.84. The van der Waals surface area contributed by atoms with Crippen LogP contribution in [0.4, 0.5) is 0 Å². The van der Waals surface area contributed by atoms with Crippen LogP contribution in [-0.4, -0.2) is 17.2 Å². The summed E-state index contributed by atoms with van der Waals surface area (Å²) in [6.45, 7) is 0. The van der Waals surface area contributed by atoms with Gasteiger partial charge in [-0.15, -0.1) is 0 Å². The van der Waals surface area contributed by atoms with Crippen molar-refractivity contribution in [1.82, 2.24) is 5.32 Å². The first-order valence-corrected chi connectivity index (χ1v) is 9.67. The first-order valence-electron chi connectivity index (χ1n) is 8.92. The fourth-order valence-corrected chi connectivity index (χ4v) is 4.51. The third kappa shape index (κ3) is 2.93. The van der Waals surface area contributed by atoms with Gasteiger partial charge in [-0.1, -0.05) is 60.7 Å². The monoisotopic (exact) mass is 387 g/mol. The van der Waals surface area contributed by atoms with Crippen LogP contribution in [0.3, 0.4) is 0 Å². The molecule has 5 heteroatoms. The van der Waals surface area contributed by atoms with Crippen molar-refractivity contribution in [2.45, 2.75) is 43.6 Å². The fourth-order valence-electron chi connectivity index (χ4n) is 4.16. The lowest BCUT2D eigenvalue weighted by molar-refractivity contribution is -0.125. The van der Waals surface area contributed by atoms with Gasteiger partial charge in [-0.2, -0.15) is 0 Å². The quantitative estimate of drug-likeness (QED) is 0.724. The van der Waals surface area contributed by atoms with E-state index < -0.39 is 11.5 Å². The average molecular weight is 388 g/mol. The number of halogens is 2. The van der Waals surface area contributed by atoms with Crippen molar-refractivity contribution in [1.29, 1.82) is 0 Å². The van der Waals surface area contributed by atoms with Gasteiger partial charge in [-0.05, 0) is 53.8 Å². The second-order valence-corrected chi connectivity index (χ2v) is 8.02. The topological polar surface area (TPSA) is 46.2 Å². The number of nitrogens with one attached hydrogen (secondary N) is 1. The number of benzene rings is 2. The third-order valence-electron chi connectivity index (χ3n) is 5.55. The summed E-state index contributed by atoms with van der Waals surface area (Å²) in [5, 5.41) is 4.10. The summed E-state index contributed by atoms with van der Waals surface area (Å²) in [5.74, 6) is -1.09. The number of Topliss-reactive ketones (excluding diaryl/α,β-unsaturated/α-hetero) is 1. The van der Waals surface area contributed by atoms with Gasteiger partial charge in [0, 0.05) is 10.0 Å². The molecule has 1 N–H and O–H groups in total. The summed E-state index contributed by atoms with van der Waals surface area (Å²) in [5.41, 5.74) is 1.76. The molecule has 1 unspecified atom stereocenters. The Labute approximate surface area is 162 Å². The van der Waals surface area contributed by atoms with Crippen LogP contribution in [0.15, 0.2) is 42.5 Å². The van der Waals surface area contributed by atoms with Gasteiger partial charge in [0.05, 0.1) is 5.54 Å². The molecule has 1 spiro atoms. The molecule has 1 heterocycles. The van der Waals surface area contributed by atoms with E-state index >= 15 is 0 Å². The van der Waals surface area contributed by atoms with E-state index in [1.165, 1.54) is 0 Å². The van der Waals surface area contributed by atoms with Crippen LogP contribution in [0.25, 0.3) is 11.1 Å². The van der Waals surface area contributed by atoms with Crippen LogP contribution in [0.2, 0.25) is 10.0 Å². The van der Waals surface area contributed by atoms with Crippen molar-refractivity contribution in [2.75, 3.05) is 0 Å². The number of ketones is 1. The van der Waals surface area contributed by atoms with Crippen LogP contribution < -0.4 is 5.32 Å². The van der Waals surface area contributed by atoms with Gasteiger partial charge in [-0.25, -0.2) is 0 Å². The molecule has 3 nitrogen and oxygen atoms in total. The lowest BCUT2D eigenvalue weighted by Crippen LogP contribution is -2.47. The normalized spacial score (nSPS) is 21.8. The molecular weight excluding hydrogens is 369 g/mol. The van der Waals surface area contributed by atoms with Gasteiger partial charge in [0.2, 0.25) is 5.91 Å². The second kappa shape index (κ2) is 6.71. The number of rotatable bonds is 2. The highest BCUT2D eigenvalue weighted by atomic mass is 35.5. The molecule has 0 radical (unpaired) electrons. The van der Waals surface area contributed by atoms with Gasteiger partial charge in [0.15, 0.2) is 5.78 Å². The standard InChI is InChI=1S/C21H19Cl2NO2/c22-15-7-4-13(5-8-15)14-6-9-17(23)16(12-14)18-19(25)21(24-20(18)26)10-2-1-3-11-21/h4-9,12,18H,1-3,10-11H2,(H,24,26). The maximum absolute atomic E-state index is 13.2. The van der Waals surface area contributed by atoms with Crippen LogP contribution in [0.1, 0.15) is 43.6 Å². The van der Waals surface area contributed by atoms with Crippen LogP contribution in [-0.2, 0) is 9.59 Å². The van der Waals surface area contributed by atoms with E-state index in [-0.39, 0.29) is 11.7 Å². The predicted molar refractivity (Wildman–Crippen MR) is 104 cm³/mol. The summed E-state index contributed by atoms with van der Waals surface area (Å²) in [6, 6.07) is 13.0. The number of hydrogen-bond donors (Lipinski definition) is 1. The zero-order valence-electron chi connectivity index (χ0n) is 14.2. The highest BCUT2D eigenvalue weighted by Crippen LogP contribution is 2.41. The van der Waals surface area contributed by atoms with Crippen LogP contribution >= 0.6 is 23.2 Å². The summed E-state index contributed by atoms with van der Waals surface area (Å²) in [6.07, 6.45) is 4.50. The van der Waals surface area contributed by atoms with Crippen molar-refractivity contribution in [3.63, 3.8) is 0 Å². The molecule has 1 atom stereocenters. The number of hydrogen-bond acceptors (Lipinski definition) is 2. The van der Waals surface area contributed by atoms with Crippen molar-refractivity contribution >= 4 is 34.9 Å². The summed E-state index contributed by atoms with van der Waals surface area (Å²) < 4.78 is 0. The molecular formula is C21H19Cl2NO2. The van der Waals surface area contributed by atoms with E-state index in [0.29, 0.717) is 15.6 Å². The summed E-state index contributed by atoms with van der Waals surface area (Å²) >= 11 is 12.4. The molecule has 4 rings (SSSR count). The number of carbonyl (C=O) groups excluding carboxylic acids is 2. The van der Waals surface area contributed by atoms with E-state index in [0.717, 1.165) is 43.2 Å². The Bertz CT molecular complexity index is 870. The molecule has 1 saturated heterocycles. The molecule has 1 aliphatic heterocycles. The van der Waals surface area contributed by atoms with Crippen molar-refractivity contribution in [3.8, 4) is 11.1 Å². The first kappa shape index (κ1) is 17.6. The first-order chi connectivity index (χ1) is 12.5. The van der Waals surface area contributed by atoms with E-state index in [1.54, 1.807) is 6.07 Å². The molecule has 2 aromatic rings. The minimum absolute atomic E-state index is 0.0302. The Balaban J connectivity index is 1.73. The Morgan fingerprint density at radius 2 is 1.54 bits per heavy atom. The minimum atomic E-state index is -0.826. The van der Waals surface area contributed by atoms with Gasteiger partial charge in [0.25, 0.3) is 0 Å². The third-order valence-corrected chi connectivity index (χ3v) is 6.15. The maximum Gasteiger partial charge on any atom is 0.236 e. The highest BCUT2D eigenvalue weighted by Gasteiger charge is 2.53. The van der Waals surface area contributed by atoms with E-state index in [9.17, 15) is 9.59 Å². The summed E-state index contributed by atoms with van der Waals surface area (Å²) in [4.78, 5) is 25.9. The SMILES string of the molecule is O=C1NC2(CCCCC2)C(=O)C1c1cc(-c2ccc(Cl)cc2)ccc1Cl. The highest BCUT2D eigenvalue weighted by molar-refractivity contribution is 6.33. The molecule has 26 heavy (non-hydrogen) atoms. The van der Waals surface area contributed by atoms with Crippen molar-refractivity contribution in [3.05, 3.63) is 58.1 Å². The molecule has 0 aromatic heterocycles. The maximum atomic E-state index is 13.2. The van der Waals surface area contributed by atoms with Crippen LogP contribution in [0, 0.1) is 0 Å². The van der Waals surface area contributed by atoms with E-state index in [2.05, 4.69) is 5.32 Å². The zero-order chi connectivity index (χ0) is 18.3. The smallest absolute Gasteiger partial charge is 0.236 e. The Kier molecular flexibility index (Phi) is 4.54. The molecule has 1 aliphatic carbocycles. The molecule has 1 saturated carbocycles. The Morgan fingerprint density at radius 3 is 2.23 bits per heavy atom. The van der Waals surface area contributed by atoms with Crippen LogP contribution in [0.5, 0.6) is 0 Å². The lowest BCUT2D eigenvalue weighted by atomic mass is 9.77. The number of amides is 1. The lowest BCUT2D eigenvalue weighted by Gasteiger charge is -2.31. The van der Waals surface area contributed by atoms with E-state index in [4.69, 9.17) is 23.2 Å². The van der Waals surface area contributed by atoms with Gasteiger partial charge < -0.3 is 5.32 Å². The molecule has 2 aliphatic rings. The largest absolute Gasteiger partial charge is 0.343 e. The number of carbonyl (C=O) groups is 2. The molecule has 0 bridgehead atoms. The fraction of sp³-hybridized carbons (Fsp3) is 0.333. The molecule has 2 fully saturated rings. The van der Waals surface area contributed by atoms with Gasteiger partial charge in [0.1, 0.15) is 5.92 Å². The second-order valence-electron chi connectivity index (χ2n) is 7.17. The predicted octanol–water partition coefficient (Wildman–Crippen LogP) is 5.15. The molecule has 134 valence electrons. The van der Waals surface area contributed by atoms with Crippen molar-refractivity contribution < 1.29 is 9.59 Å². The minimum Gasteiger partial charge on any atom is -0.343 e. The van der Waals surface area contributed by atoms with E-state index in [1.807, 2.05) is 36.4 Å². The van der Waals surface area contributed by atoms with Gasteiger partial charge in [-0.3, -0.25) is 9.59 Å². The molecule has 2 aromatic carbocycles. The van der Waals surface area contributed by atoms with Crippen molar-refractivity contribution in [2.24, 2.45) is 0 Å². The average Bonchev–Trinajstić information content (AvgIpc) is 2.87. The van der Waals surface area contributed by atoms with Gasteiger partial charge >= 0.3 is 0 Å². The molecule has 1 amide bonds. The Morgan fingerprint density at radius 1 is 0.885 bits per heavy atom.